The second kappa shape index (κ2) is 10.7. The first-order valence-corrected chi connectivity index (χ1v) is 9.97. The van der Waals surface area contributed by atoms with Crippen LogP contribution in [0.4, 0.5) is 0 Å². The molecule has 0 spiro atoms. The van der Waals surface area contributed by atoms with E-state index in [2.05, 4.69) is 21.2 Å². The number of benzene rings is 2. The van der Waals surface area contributed by atoms with Crippen LogP contribution >= 0.6 is 15.9 Å². The van der Waals surface area contributed by atoms with Crippen LogP contribution in [0.3, 0.4) is 0 Å². The van der Waals surface area contributed by atoms with Crippen LogP contribution in [0.5, 0.6) is 0 Å². The van der Waals surface area contributed by atoms with Crippen LogP contribution in [0, 0.1) is 0 Å². The molecule has 0 aliphatic rings. The number of ether oxygens (including phenoxy) is 3. The molecule has 0 fully saturated rings. The summed E-state index contributed by atoms with van der Waals surface area (Å²) < 4.78 is 17.6. The van der Waals surface area contributed by atoms with Crippen molar-refractivity contribution in [3.05, 3.63) is 70.2 Å². The van der Waals surface area contributed by atoms with Crippen molar-refractivity contribution in [3.8, 4) is 0 Å². The summed E-state index contributed by atoms with van der Waals surface area (Å²) in [6, 6.07) is 17.3. The Morgan fingerprint density at radius 2 is 1.71 bits per heavy atom. The Hall–Kier alpha value is -1.73. The van der Waals surface area contributed by atoms with Gasteiger partial charge in [0.1, 0.15) is 6.04 Å². The molecule has 0 bridgehead atoms. The topological polar surface area (TPSA) is 56.8 Å². The molecule has 0 aromatic heterocycles. The van der Waals surface area contributed by atoms with E-state index in [9.17, 15) is 4.79 Å². The van der Waals surface area contributed by atoms with Gasteiger partial charge in [-0.05, 0) is 43.5 Å². The van der Waals surface area contributed by atoms with Crippen LogP contribution in [-0.2, 0) is 25.4 Å². The van der Waals surface area contributed by atoms with Gasteiger partial charge < -0.3 is 19.5 Å². The quantitative estimate of drug-likeness (QED) is 0.433. The van der Waals surface area contributed by atoms with Crippen LogP contribution in [-0.4, -0.2) is 38.6 Å². The Morgan fingerprint density at radius 1 is 1.07 bits per heavy atom. The van der Waals surface area contributed by atoms with Crippen molar-refractivity contribution in [3.63, 3.8) is 0 Å². The predicted octanol–water partition coefficient (Wildman–Crippen LogP) is 4.26. The molecule has 0 saturated heterocycles. The monoisotopic (exact) mass is 449 g/mol. The van der Waals surface area contributed by atoms with Crippen molar-refractivity contribution in [1.29, 1.82) is 0 Å². The first kappa shape index (κ1) is 22.6. The average Bonchev–Trinajstić information content (AvgIpc) is 2.70. The normalized spacial score (nSPS) is 13.8. The Bertz CT molecular complexity index is 734. The van der Waals surface area contributed by atoms with Crippen LogP contribution in [0.1, 0.15) is 31.1 Å². The molecule has 2 aromatic rings. The highest BCUT2D eigenvalue weighted by atomic mass is 79.9. The number of hydrogen-bond acceptors (Lipinski definition) is 5. The second-order valence-electron chi connectivity index (χ2n) is 6.94. The molecule has 0 aliphatic carbocycles. The van der Waals surface area contributed by atoms with Crippen molar-refractivity contribution in [2.24, 2.45) is 0 Å². The Labute approximate surface area is 175 Å². The van der Waals surface area contributed by atoms with Crippen LogP contribution in [0.25, 0.3) is 0 Å². The van der Waals surface area contributed by atoms with Gasteiger partial charge in [-0.15, -0.1) is 0 Å². The lowest BCUT2D eigenvalue weighted by Crippen LogP contribution is -2.43. The highest BCUT2D eigenvalue weighted by molar-refractivity contribution is 9.10. The summed E-state index contributed by atoms with van der Waals surface area (Å²) in [6.07, 6.45) is 0.236. The minimum atomic E-state index is -0.764. The van der Waals surface area contributed by atoms with Crippen molar-refractivity contribution >= 4 is 21.9 Å². The highest BCUT2D eigenvalue weighted by Crippen LogP contribution is 2.26. The zero-order chi connectivity index (χ0) is 20.6. The average molecular weight is 450 g/mol. The standard InChI is InChI=1S/C22H28BrNO4/c1-22(2,27-4)28-20(17-10-12-18(23)13-11-17)15-24-19(21(25)26-3)14-16-8-6-5-7-9-16/h5-13,19-20,24H,14-15H2,1-4H3/t19-,20+/m0/s1. The van der Waals surface area contributed by atoms with Gasteiger partial charge in [0.15, 0.2) is 5.79 Å². The largest absolute Gasteiger partial charge is 0.468 e. The smallest absolute Gasteiger partial charge is 0.323 e. The molecule has 152 valence electrons. The van der Waals surface area contributed by atoms with Gasteiger partial charge in [-0.25, -0.2) is 0 Å². The van der Waals surface area contributed by atoms with Crippen molar-refractivity contribution in [1.82, 2.24) is 5.32 Å². The fourth-order valence-electron chi connectivity index (χ4n) is 2.78. The summed E-state index contributed by atoms with van der Waals surface area (Å²) in [5.74, 6) is -1.07. The number of rotatable bonds is 10. The Morgan fingerprint density at radius 3 is 2.29 bits per heavy atom. The lowest BCUT2D eigenvalue weighted by atomic mass is 10.0. The van der Waals surface area contributed by atoms with Crippen molar-refractivity contribution < 1.29 is 19.0 Å². The van der Waals surface area contributed by atoms with E-state index in [0.717, 1.165) is 15.6 Å². The van der Waals surface area contributed by atoms with Crippen molar-refractivity contribution in [2.75, 3.05) is 20.8 Å². The summed E-state index contributed by atoms with van der Waals surface area (Å²) in [4.78, 5) is 12.3. The lowest BCUT2D eigenvalue weighted by molar-refractivity contribution is -0.224. The molecule has 1 N–H and O–H groups in total. The third-order valence-corrected chi connectivity index (χ3v) is 5.01. The van der Waals surface area contributed by atoms with Gasteiger partial charge in [0.05, 0.1) is 13.2 Å². The third kappa shape index (κ3) is 7.02. The van der Waals surface area contributed by atoms with E-state index in [-0.39, 0.29) is 12.1 Å². The molecule has 0 saturated carbocycles. The van der Waals surface area contributed by atoms with Gasteiger partial charge in [0.25, 0.3) is 0 Å². The van der Waals surface area contributed by atoms with E-state index >= 15 is 0 Å². The van der Waals surface area contributed by atoms with Gasteiger partial charge in [-0.2, -0.15) is 0 Å². The van der Waals surface area contributed by atoms with Gasteiger partial charge >= 0.3 is 5.97 Å². The van der Waals surface area contributed by atoms with Crippen LogP contribution in [0.15, 0.2) is 59.1 Å². The maximum absolute atomic E-state index is 12.3. The second-order valence-corrected chi connectivity index (χ2v) is 7.85. The number of carbonyl (C=O) groups excluding carboxylic acids is 1. The Balaban J connectivity index is 2.15. The minimum Gasteiger partial charge on any atom is -0.468 e. The number of esters is 1. The van der Waals surface area contributed by atoms with Crippen LogP contribution in [0.2, 0.25) is 0 Å². The maximum atomic E-state index is 12.3. The van der Waals surface area contributed by atoms with Gasteiger partial charge in [-0.1, -0.05) is 58.4 Å². The summed E-state index contributed by atoms with van der Waals surface area (Å²) >= 11 is 3.46. The van der Waals surface area contributed by atoms with E-state index < -0.39 is 11.8 Å². The van der Waals surface area contributed by atoms with Gasteiger partial charge in [0, 0.05) is 18.1 Å². The van der Waals surface area contributed by atoms with E-state index in [1.165, 1.54) is 7.11 Å². The molecule has 0 amide bonds. The first-order valence-electron chi connectivity index (χ1n) is 9.18. The van der Waals surface area contributed by atoms with Crippen LogP contribution < -0.4 is 5.32 Å². The molecule has 0 unspecified atom stereocenters. The molecule has 6 heteroatoms. The zero-order valence-corrected chi connectivity index (χ0v) is 18.4. The predicted molar refractivity (Wildman–Crippen MR) is 113 cm³/mol. The van der Waals surface area contributed by atoms with Gasteiger partial charge in [0.2, 0.25) is 0 Å². The fraction of sp³-hybridized carbons (Fsp3) is 0.409. The fourth-order valence-corrected chi connectivity index (χ4v) is 3.04. The summed E-state index contributed by atoms with van der Waals surface area (Å²) in [6.45, 7) is 4.16. The molecular formula is C22H28BrNO4. The summed E-state index contributed by atoms with van der Waals surface area (Å²) in [5, 5.41) is 3.31. The number of halogens is 1. The molecule has 2 aromatic carbocycles. The van der Waals surface area contributed by atoms with Gasteiger partial charge in [-0.3, -0.25) is 4.79 Å². The van der Waals surface area contributed by atoms with E-state index in [0.29, 0.717) is 13.0 Å². The minimum absolute atomic E-state index is 0.300. The molecule has 0 heterocycles. The van der Waals surface area contributed by atoms with E-state index in [1.807, 2.05) is 68.4 Å². The number of nitrogens with one attached hydrogen (secondary N) is 1. The van der Waals surface area contributed by atoms with E-state index in [4.69, 9.17) is 14.2 Å². The van der Waals surface area contributed by atoms with Crippen molar-refractivity contribution in [2.45, 2.75) is 38.2 Å². The maximum Gasteiger partial charge on any atom is 0.323 e. The molecular weight excluding hydrogens is 422 g/mol. The number of hydrogen-bond donors (Lipinski definition) is 1. The number of carbonyl (C=O) groups is 1. The molecule has 0 radical (unpaired) electrons. The lowest BCUT2D eigenvalue weighted by Gasteiger charge is -2.31. The highest BCUT2D eigenvalue weighted by Gasteiger charge is 2.27. The van der Waals surface area contributed by atoms with E-state index in [1.54, 1.807) is 7.11 Å². The summed E-state index contributed by atoms with van der Waals surface area (Å²) in [5.41, 5.74) is 2.05. The molecule has 2 rings (SSSR count). The Kier molecular flexibility index (Phi) is 8.63. The molecule has 28 heavy (non-hydrogen) atoms. The summed E-state index contributed by atoms with van der Waals surface area (Å²) in [7, 11) is 3.01. The molecule has 5 nitrogen and oxygen atoms in total. The zero-order valence-electron chi connectivity index (χ0n) is 16.8. The SMILES string of the molecule is COC(=O)[C@H](Cc1ccccc1)NC[C@@H](OC(C)(C)OC)c1ccc(Br)cc1. The molecule has 2 atom stereocenters. The molecule has 0 aliphatic heterocycles. The number of methoxy groups -OCH3 is 2. The third-order valence-electron chi connectivity index (χ3n) is 4.48. The first-order chi connectivity index (χ1) is 13.3.